The number of nitrogens with zero attached hydrogens (tertiary/aromatic N) is 3. The molecular formula is C30H33N5O4. The summed E-state index contributed by atoms with van der Waals surface area (Å²) in [7, 11) is 1.61. The van der Waals surface area contributed by atoms with Crippen molar-refractivity contribution in [1.82, 2.24) is 19.8 Å². The summed E-state index contributed by atoms with van der Waals surface area (Å²) in [5, 5.41) is 6.03. The van der Waals surface area contributed by atoms with E-state index >= 15 is 0 Å². The third kappa shape index (κ3) is 4.56. The number of fused-ring (bicyclic) bond motifs is 2. The van der Waals surface area contributed by atoms with Gasteiger partial charge in [0.1, 0.15) is 17.0 Å². The first-order valence-corrected chi connectivity index (χ1v) is 13.6. The highest BCUT2D eigenvalue weighted by Crippen LogP contribution is 2.39. The number of aryl methyl sites for hydroxylation is 1. The van der Waals surface area contributed by atoms with Crippen LogP contribution >= 0.6 is 0 Å². The normalized spacial score (nSPS) is 20.2. The van der Waals surface area contributed by atoms with Crippen molar-refractivity contribution in [3.63, 3.8) is 0 Å². The molecule has 1 aromatic heterocycles. The van der Waals surface area contributed by atoms with Crippen LogP contribution in [-0.2, 0) is 30.7 Å². The van der Waals surface area contributed by atoms with Crippen LogP contribution < -0.4 is 15.4 Å². The zero-order valence-corrected chi connectivity index (χ0v) is 22.3. The van der Waals surface area contributed by atoms with Gasteiger partial charge in [-0.25, -0.2) is 4.98 Å². The van der Waals surface area contributed by atoms with E-state index < -0.39 is 11.4 Å². The molecule has 3 aliphatic rings. The Morgan fingerprint density at radius 2 is 1.87 bits per heavy atom. The summed E-state index contributed by atoms with van der Waals surface area (Å²) in [6, 6.07) is 13.4. The molecule has 1 fully saturated rings. The fourth-order valence-electron chi connectivity index (χ4n) is 5.92. The van der Waals surface area contributed by atoms with Crippen molar-refractivity contribution in [1.29, 1.82) is 0 Å². The van der Waals surface area contributed by atoms with Crippen LogP contribution in [0.5, 0.6) is 5.75 Å². The Morgan fingerprint density at radius 3 is 2.62 bits per heavy atom. The van der Waals surface area contributed by atoms with Gasteiger partial charge in [0.25, 0.3) is 11.8 Å². The molecule has 39 heavy (non-hydrogen) atoms. The summed E-state index contributed by atoms with van der Waals surface area (Å²) in [4.78, 5) is 47.0. The van der Waals surface area contributed by atoms with E-state index in [1.54, 1.807) is 23.5 Å². The molecule has 0 spiro atoms. The lowest BCUT2D eigenvalue weighted by Gasteiger charge is -2.44. The topological polar surface area (TPSA) is 106 Å². The van der Waals surface area contributed by atoms with Gasteiger partial charge < -0.3 is 24.8 Å². The second-order valence-electron chi connectivity index (χ2n) is 10.9. The van der Waals surface area contributed by atoms with Crippen molar-refractivity contribution < 1.29 is 19.1 Å². The molecule has 202 valence electrons. The van der Waals surface area contributed by atoms with Gasteiger partial charge in [-0.3, -0.25) is 14.4 Å². The Bertz CT molecular complexity index is 1440. The maximum absolute atomic E-state index is 13.9. The second kappa shape index (κ2) is 9.87. The van der Waals surface area contributed by atoms with Crippen LogP contribution in [0.15, 0.2) is 48.8 Å². The fourth-order valence-corrected chi connectivity index (χ4v) is 5.92. The molecule has 0 saturated heterocycles. The van der Waals surface area contributed by atoms with Crippen molar-refractivity contribution >= 4 is 23.4 Å². The highest BCUT2D eigenvalue weighted by atomic mass is 16.5. The van der Waals surface area contributed by atoms with Gasteiger partial charge in [0.05, 0.1) is 20.0 Å². The average molecular weight is 528 g/mol. The highest BCUT2D eigenvalue weighted by Gasteiger charge is 2.53. The number of carbonyl (C=O) groups is 3. The Balaban J connectivity index is 1.24. The number of amides is 3. The van der Waals surface area contributed by atoms with Gasteiger partial charge in [0.2, 0.25) is 5.91 Å². The Hall–Kier alpha value is -4.14. The van der Waals surface area contributed by atoms with E-state index in [-0.39, 0.29) is 35.8 Å². The summed E-state index contributed by atoms with van der Waals surface area (Å²) in [6.07, 6.45) is 7.34. The van der Waals surface area contributed by atoms with Gasteiger partial charge >= 0.3 is 0 Å². The van der Waals surface area contributed by atoms with Gasteiger partial charge in [-0.05, 0) is 80.3 Å². The van der Waals surface area contributed by atoms with Crippen molar-refractivity contribution in [3.05, 3.63) is 76.9 Å². The monoisotopic (exact) mass is 527 g/mol. The molecule has 0 bridgehead atoms. The maximum atomic E-state index is 13.9. The predicted octanol–water partition coefficient (Wildman–Crippen LogP) is 3.72. The molecule has 3 amide bonds. The molecule has 1 atom stereocenters. The molecule has 1 aliphatic heterocycles. The SMILES string of the molecule is COc1ccc(CNC(=O)C2(C)Cn3cnc(C(=O)Nc4cccc5c4CCCC5)c3C(=O)N2C2CC2)cc1. The largest absolute Gasteiger partial charge is 0.497 e. The van der Waals surface area contributed by atoms with E-state index in [0.717, 1.165) is 61.1 Å². The van der Waals surface area contributed by atoms with Crippen LogP contribution in [0.1, 0.15) is 70.3 Å². The number of hydrogen-bond acceptors (Lipinski definition) is 5. The molecule has 9 nitrogen and oxygen atoms in total. The summed E-state index contributed by atoms with van der Waals surface area (Å²) < 4.78 is 6.86. The fraction of sp³-hybridized carbons (Fsp3) is 0.400. The first-order chi connectivity index (χ1) is 18.9. The number of anilines is 1. The first kappa shape index (κ1) is 25.2. The molecule has 2 N–H and O–H groups in total. The summed E-state index contributed by atoms with van der Waals surface area (Å²) in [5.74, 6) is -0.225. The minimum Gasteiger partial charge on any atom is -0.497 e. The van der Waals surface area contributed by atoms with E-state index in [2.05, 4.69) is 21.7 Å². The summed E-state index contributed by atoms with van der Waals surface area (Å²) in [5.41, 5.74) is 3.37. The van der Waals surface area contributed by atoms with Gasteiger partial charge in [-0.2, -0.15) is 0 Å². The number of nitrogens with one attached hydrogen (secondary N) is 2. The summed E-state index contributed by atoms with van der Waals surface area (Å²) >= 11 is 0. The number of benzene rings is 2. The summed E-state index contributed by atoms with van der Waals surface area (Å²) in [6.45, 7) is 2.35. The Kier molecular flexibility index (Phi) is 6.37. The van der Waals surface area contributed by atoms with E-state index in [4.69, 9.17) is 4.74 Å². The van der Waals surface area contributed by atoms with Crippen LogP contribution in [0.4, 0.5) is 5.69 Å². The van der Waals surface area contributed by atoms with E-state index in [1.807, 2.05) is 36.4 Å². The number of imidazole rings is 1. The van der Waals surface area contributed by atoms with Gasteiger partial charge in [-0.1, -0.05) is 24.3 Å². The van der Waals surface area contributed by atoms with Crippen LogP contribution in [0, 0.1) is 0 Å². The molecule has 2 aliphatic carbocycles. The quantitative estimate of drug-likeness (QED) is 0.487. The molecule has 9 heteroatoms. The van der Waals surface area contributed by atoms with E-state index in [9.17, 15) is 14.4 Å². The smallest absolute Gasteiger partial charge is 0.276 e. The number of rotatable bonds is 7. The number of methoxy groups -OCH3 is 1. The predicted molar refractivity (Wildman–Crippen MR) is 146 cm³/mol. The number of carbonyl (C=O) groups excluding carboxylic acids is 3. The van der Waals surface area contributed by atoms with Crippen LogP contribution in [0.3, 0.4) is 0 Å². The third-order valence-electron chi connectivity index (χ3n) is 8.14. The Morgan fingerprint density at radius 1 is 1.10 bits per heavy atom. The minimum absolute atomic E-state index is 0.0325. The first-order valence-electron chi connectivity index (χ1n) is 13.6. The number of aromatic nitrogens is 2. The van der Waals surface area contributed by atoms with E-state index in [1.165, 1.54) is 11.9 Å². The zero-order valence-electron chi connectivity index (χ0n) is 22.3. The lowest BCUT2D eigenvalue weighted by atomic mass is 9.90. The van der Waals surface area contributed by atoms with Crippen LogP contribution in [0.2, 0.25) is 0 Å². The van der Waals surface area contributed by atoms with Gasteiger partial charge in [0, 0.05) is 18.3 Å². The van der Waals surface area contributed by atoms with Crippen LogP contribution in [0.25, 0.3) is 0 Å². The Labute approximate surface area is 227 Å². The van der Waals surface area contributed by atoms with E-state index in [0.29, 0.717) is 6.54 Å². The second-order valence-corrected chi connectivity index (χ2v) is 10.9. The standard InChI is InChI=1S/C30H33N5O4/c1-30(29(38)31-16-19-10-14-22(39-2)15-11-19)17-34-18-32-25(26(34)28(37)35(30)21-12-13-21)27(36)33-24-9-5-7-20-6-3-4-8-23(20)24/h5,7,9-11,14-15,18,21H,3-4,6,8,12-13,16-17H2,1-2H3,(H,31,38)(H,33,36). The molecule has 1 saturated carbocycles. The van der Waals surface area contributed by atoms with Gasteiger partial charge in [0.15, 0.2) is 5.69 Å². The van der Waals surface area contributed by atoms with Crippen molar-refractivity contribution in [3.8, 4) is 5.75 Å². The highest BCUT2D eigenvalue weighted by molar-refractivity contribution is 6.12. The number of hydrogen-bond donors (Lipinski definition) is 2. The molecule has 6 rings (SSSR count). The maximum Gasteiger partial charge on any atom is 0.276 e. The molecular weight excluding hydrogens is 494 g/mol. The average Bonchev–Trinajstić information content (AvgIpc) is 3.69. The van der Waals surface area contributed by atoms with Crippen molar-refractivity contribution in [2.45, 2.75) is 70.1 Å². The molecule has 2 aromatic carbocycles. The van der Waals surface area contributed by atoms with Crippen LogP contribution in [-0.4, -0.2) is 50.9 Å². The van der Waals surface area contributed by atoms with Gasteiger partial charge in [-0.15, -0.1) is 0 Å². The molecule has 0 radical (unpaired) electrons. The van der Waals surface area contributed by atoms with Crippen molar-refractivity contribution in [2.24, 2.45) is 0 Å². The lowest BCUT2D eigenvalue weighted by Crippen LogP contribution is -2.64. The molecule has 3 aromatic rings. The third-order valence-corrected chi connectivity index (χ3v) is 8.14. The number of ether oxygens (including phenoxy) is 1. The minimum atomic E-state index is -1.11. The lowest BCUT2D eigenvalue weighted by molar-refractivity contribution is -0.133. The van der Waals surface area contributed by atoms with Crippen molar-refractivity contribution in [2.75, 3.05) is 12.4 Å². The molecule has 1 unspecified atom stereocenters. The zero-order chi connectivity index (χ0) is 27.1. The molecule has 2 heterocycles.